The molecule has 1 aliphatic rings. The third kappa shape index (κ3) is 5.59. The number of ether oxygens (including phenoxy) is 2. The van der Waals surface area contributed by atoms with Crippen LogP contribution in [0.2, 0.25) is 0 Å². The second-order valence-electron chi connectivity index (χ2n) is 6.24. The number of carbonyl (C=O) groups is 2. The third-order valence-corrected chi connectivity index (χ3v) is 4.31. The zero-order valence-corrected chi connectivity index (χ0v) is 16.3. The summed E-state index contributed by atoms with van der Waals surface area (Å²) in [7, 11) is 1.51. The van der Waals surface area contributed by atoms with Crippen molar-refractivity contribution in [2.24, 2.45) is 5.73 Å². The highest BCUT2D eigenvalue weighted by Crippen LogP contribution is 2.18. The molecule has 1 saturated heterocycles. The minimum Gasteiger partial charge on any atom is -0.481 e. The Morgan fingerprint density at radius 2 is 1.65 bits per heavy atom. The molecule has 26 heavy (non-hydrogen) atoms. The van der Waals surface area contributed by atoms with E-state index in [-0.39, 0.29) is 30.8 Å². The molecule has 1 fully saturated rings. The summed E-state index contributed by atoms with van der Waals surface area (Å²) in [4.78, 5) is 28.2. The van der Waals surface area contributed by atoms with Gasteiger partial charge in [-0.25, -0.2) is 0 Å². The fourth-order valence-electron chi connectivity index (χ4n) is 2.82. The lowest BCUT2D eigenvalue weighted by molar-refractivity contribution is -0.144. The molecule has 0 radical (unpaired) electrons. The topological polar surface area (TPSA) is 85.1 Å². The number of carbonyl (C=O) groups excluding carboxylic acids is 2. The molecule has 2 amide bonds. The van der Waals surface area contributed by atoms with Crippen molar-refractivity contribution < 1.29 is 19.1 Å². The van der Waals surface area contributed by atoms with Gasteiger partial charge in [0.1, 0.15) is 11.8 Å². The van der Waals surface area contributed by atoms with Gasteiger partial charge in [-0.05, 0) is 25.5 Å². The molecule has 1 aromatic rings. The van der Waals surface area contributed by atoms with Crippen LogP contribution in [-0.4, -0.2) is 73.7 Å². The number of nitrogens with zero attached hydrogens (tertiary/aromatic N) is 2. The molecule has 2 rings (SSSR count). The lowest BCUT2D eigenvalue weighted by Gasteiger charge is -2.36. The molecule has 0 aliphatic carbocycles. The van der Waals surface area contributed by atoms with Gasteiger partial charge in [0.2, 0.25) is 5.91 Å². The molecule has 2 N–H and O–H groups in total. The first-order valence-electron chi connectivity index (χ1n) is 8.48. The fourth-order valence-corrected chi connectivity index (χ4v) is 2.82. The molecule has 0 bridgehead atoms. The highest BCUT2D eigenvalue weighted by Gasteiger charge is 2.29. The maximum atomic E-state index is 12.6. The predicted molar refractivity (Wildman–Crippen MR) is 102 cm³/mol. The Hall–Kier alpha value is -1.83. The van der Waals surface area contributed by atoms with Gasteiger partial charge in [0.25, 0.3) is 5.91 Å². The Kier molecular flexibility index (Phi) is 8.84. The summed E-state index contributed by atoms with van der Waals surface area (Å²) in [5.41, 5.74) is 6.78. The van der Waals surface area contributed by atoms with Crippen molar-refractivity contribution in [3.63, 3.8) is 0 Å². The first kappa shape index (κ1) is 22.2. The highest BCUT2D eigenvalue weighted by atomic mass is 35.5. The average molecular weight is 386 g/mol. The minimum atomic E-state index is -0.657. The van der Waals surface area contributed by atoms with E-state index in [1.165, 1.54) is 7.11 Å². The van der Waals surface area contributed by atoms with Crippen LogP contribution in [0.15, 0.2) is 24.3 Å². The van der Waals surface area contributed by atoms with E-state index < -0.39 is 12.1 Å². The number of hydrogen-bond acceptors (Lipinski definition) is 5. The molecule has 2 unspecified atom stereocenters. The third-order valence-electron chi connectivity index (χ3n) is 4.31. The number of benzene rings is 1. The number of methoxy groups -OCH3 is 1. The van der Waals surface area contributed by atoms with Crippen molar-refractivity contribution in [1.29, 1.82) is 0 Å². The lowest BCUT2D eigenvalue weighted by Crippen LogP contribution is -2.56. The second kappa shape index (κ2) is 10.4. The van der Waals surface area contributed by atoms with Crippen LogP contribution in [-0.2, 0) is 14.3 Å². The molecule has 1 heterocycles. The second-order valence-corrected chi connectivity index (χ2v) is 6.24. The maximum absolute atomic E-state index is 12.6. The molecule has 8 heteroatoms. The molecule has 1 aromatic carbocycles. The number of piperazine rings is 1. The zero-order valence-electron chi connectivity index (χ0n) is 15.5. The van der Waals surface area contributed by atoms with Gasteiger partial charge in [-0.2, -0.15) is 0 Å². The molecule has 1 aliphatic heterocycles. The van der Waals surface area contributed by atoms with Gasteiger partial charge < -0.3 is 25.0 Å². The Morgan fingerprint density at radius 3 is 2.19 bits per heavy atom. The molecule has 2 atom stereocenters. The summed E-state index contributed by atoms with van der Waals surface area (Å²) in [6.07, 6.45) is -0.570. The molecule has 0 aromatic heterocycles. The van der Waals surface area contributed by atoms with E-state index in [9.17, 15) is 9.59 Å². The van der Waals surface area contributed by atoms with Crippen LogP contribution in [0.4, 0.5) is 0 Å². The molecule has 0 saturated carbocycles. The average Bonchev–Trinajstić information content (AvgIpc) is 2.62. The van der Waals surface area contributed by atoms with Crippen molar-refractivity contribution in [3.8, 4) is 5.75 Å². The number of para-hydroxylation sites is 1. The van der Waals surface area contributed by atoms with Crippen LogP contribution in [0.3, 0.4) is 0 Å². The van der Waals surface area contributed by atoms with Gasteiger partial charge in [-0.3, -0.25) is 9.59 Å². The van der Waals surface area contributed by atoms with E-state index >= 15 is 0 Å². The predicted octanol–water partition coefficient (Wildman–Crippen LogP) is 0.829. The molecular weight excluding hydrogens is 358 g/mol. The number of nitrogens with two attached hydrogens (primary N) is 1. The Morgan fingerprint density at radius 1 is 1.12 bits per heavy atom. The SMILES string of the molecule is COCC(N)C(=O)N1CCN(C(=O)C(C)Oc2ccccc2C)CC1.Cl. The number of aryl methyl sites for hydroxylation is 1. The Balaban J connectivity index is 0.00000338. The smallest absolute Gasteiger partial charge is 0.263 e. The standard InChI is InChI=1S/C18H27N3O4.ClH/c1-13-6-4-5-7-16(13)25-14(2)17(22)20-8-10-21(11-9-20)18(23)15(19)12-24-3;/h4-7,14-15H,8-12,19H2,1-3H3;1H. The fraction of sp³-hybridized carbons (Fsp3) is 0.556. The van der Waals surface area contributed by atoms with Gasteiger partial charge in [-0.15, -0.1) is 12.4 Å². The van der Waals surface area contributed by atoms with Crippen LogP contribution in [0.1, 0.15) is 12.5 Å². The van der Waals surface area contributed by atoms with Crippen LogP contribution >= 0.6 is 12.4 Å². The van der Waals surface area contributed by atoms with E-state index in [4.69, 9.17) is 15.2 Å². The van der Waals surface area contributed by atoms with E-state index in [1.807, 2.05) is 31.2 Å². The van der Waals surface area contributed by atoms with Crippen LogP contribution in [0.25, 0.3) is 0 Å². The number of halogens is 1. The lowest BCUT2D eigenvalue weighted by atomic mass is 10.2. The van der Waals surface area contributed by atoms with E-state index in [0.717, 1.165) is 5.56 Å². The maximum Gasteiger partial charge on any atom is 0.263 e. The largest absolute Gasteiger partial charge is 0.481 e. The summed E-state index contributed by atoms with van der Waals surface area (Å²) in [5.74, 6) is 0.498. The van der Waals surface area contributed by atoms with Crippen molar-refractivity contribution in [3.05, 3.63) is 29.8 Å². The first-order chi connectivity index (χ1) is 11.9. The molecule has 7 nitrogen and oxygen atoms in total. The molecule has 146 valence electrons. The van der Waals surface area contributed by atoms with Crippen LogP contribution < -0.4 is 10.5 Å². The van der Waals surface area contributed by atoms with Crippen LogP contribution in [0, 0.1) is 6.92 Å². The van der Waals surface area contributed by atoms with Gasteiger partial charge in [0.15, 0.2) is 6.10 Å². The first-order valence-corrected chi connectivity index (χ1v) is 8.48. The van der Waals surface area contributed by atoms with E-state index in [1.54, 1.807) is 16.7 Å². The number of rotatable bonds is 6. The van der Waals surface area contributed by atoms with Gasteiger partial charge >= 0.3 is 0 Å². The number of amides is 2. The Labute approximate surface area is 160 Å². The number of hydrogen-bond donors (Lipinski definition) is 1. The monoisotopic (exact) mass is 385 g/mol. The van der Waals surface area contributed by atoms with Crippen molar-refractivity contribution in [2.45, 2.75) is 26.0 Å². The van der Waals surface area contributed by atoms with E-state index in [0.29, 0.717) is 31.9 Å². The normalized spacial score (nSPS) is 16.5. The van der Waals surface area contributed by atoms with E-state index in [2.05, 4.69) is 0 Å². The quantitative estimate of drug-likeness (QED) is 0.784. The molecule has 0 spiro atoms. The molecular formula is C18H28ClN3O4. The summed E-state index contributed by atoms with van der Waals surface area (Å²) in [6, 6.07) is 6.95. The summed E-state index contributed by atoms with van der Waals surface area (Å²) < 4.78 is 10.7. The van der Waals surface area contributed by atoms with Crippen molar-refractivity contribution >= 4 is 24.2 Å². The Bertz CT molecular complexity index is 606. The summed E-state index contributed by atoms with van der Waals surface area (Å²) in [5, 5.41) is 0. The summed E-state index contributed by atoms with van der Waals surface area (Å²) in [6.45, 7) is 5.79. The zero-order chi connectivity index (χ0) is 18.4. The van der Waals surface area contributed by atoms with Crippen LogP contribution in [0.5, 0.6) is 5.75 Å². The van der Waals surface area contributed by atoms with Gasteiger partial charge in [0, 0.05) is 33.3 Å². The van der Waals surface area contributed by atoms with Crippen molar-refractivity contribution in [1.82, 2.24) is 9.80 Å². The minimum absolute atomic E-state index is 0. The van der Waals surface area contributed by atoms with Gasteiger partial charge in [0.05, 0.1) is 6.61 Å². The highest BCUT2D eigenvalue weighted by molar-refractivity contribution is 5.85. The van der Waals surface area contributed by atoms with Gasteiger partial charge in [-0.1, -0.05) is 18.2 Å². The van der Waals surface area contributed by atoms with Crippen molar-refractivity contribution in [2.75, 3.05) is 39.9 Å². The summed E-state index contributed by atoms with van der Waals surface area (Å²) >= 11 is 0.